The van der Waals surface area contributed by atoms with Crippen LogP contribution in [0.2, 0.25) is 0 Å². The molecule has 1 aromatic rings. The Hall–Kier alpha value is -1.79. The molecule has 0 aliphatic heterocycles. The number of nitrogens with one attached hydrogen (secondary N) is 1. The molecule has 84 valence electrons. The van der Waals surface area contributed by atoms with Crippen LogP contribution in [0.4, 0.5) is 0 Å². The molecule has 0 aliphatic carbocycles. The van der Waals surface area contributed by atoms with E-state index in [-0.39, 0.29) is 0 Å². The van der Waals surface area contributed by atoms with Crippen LogP contribution < -0.4 is 5.48 Å². The van der Waals surface area contributed by atoms with Crippen molar-refractivity contribution in [2.75, 3.05) is 6.61 Å². The molecule has 3 nitrogen and oxygen atoms in total. The molecule has 0 aliphatic rings. The number of carbonyl (C=O) groups excluding carboxylic acids is 1. The topological polar surface area (TPSA) is 38.3 Å². The zero-order valence-corrected chi connectivity index (χ0v) is 9.11. The van der Waals surface area contributed by atoms with Crippen molar-refractivity contribution in [2.24, 2.45) is 0 Å². The summed E-state index contributed by atoms with van der Waals surface area (Å²) >= 11 is 0. The molecule has 0 aromatic heterocycles. The van der Waals surface area contributed by atoms with Gasteiger partial charge >= 0.3 is 0 Å². The summed E-state index contributed by atoms with van der Waals surface area (Å²) in [5.74, 6) is 6.18. The summed E-state index contributed by atoms with van der Waals surface area (Å²) in [5, 5.41) is 0. The third-order valence-corrected chi connectivity index (χ3v) is 1.94. The quantitative estimate of drug-likeness (QED) is 0.342. The fourth-order valence-corrected chi connectivity index (χ4v) is 1.17. The maximum absolute atomic E-state index is 9.84. The van der Waals surface area contributed by atoms with Crippen LogP contribution in [-0.4, -0.2) is 13.0 Å². The lowest BCUT2D eigenvalue weighted by molar-refractivity contribution is -0.120. The second-order valence-electron chi connectivity index (χ2n) is 3.21. The third kappa shape index (κ3) is 5.84. The van der Waals surface area contributed by atoms with Gasteiger partial charge in [0.05, 0.1) is 6.61 Å². The van der Waals surface area contributed by atoms with Gasteiger partial charge < -0.3 is 0 Å². The van der Waals surface area contributed by atoms with Gasteiger partial charge in [0.25, 0.3) is 0 Å². The fraction of sp³-hybridized carbons (Fsp3) is 0.308. The Kier molecular flexibility index (Phi) is 6.53. The summed E-state index contributed by atoms with van der Waals surface area (Å²) in [5.41, 5.74) is 3.19. The van der Waals surface area contributed by atoms with Crippen molar-refractivity contribution in [3.05, 3.63) is 35.9 Å². The van der Waals surface area contributed by atoms with Crippen molar-refractivity contribution < 1.29 is 9.63 Å². The van der Waals surface area contributed by atoms with Crippen molar-refractivity contribution in [3.8, 4) is 11.8 Å². The van der Waals surface area contributed by atoms with Gasteiger partial charge in [-0.25, -0.2) is 5.48 Å². The van der Waals surface area contributed by atoms with E-state index in [4.69, 9.17) is 4.84 Å². The predicted octanol–water partition coefficient (Wildman–Crippen LogP) is 1.89. The van der Waals surface area contributed by atoms with Crippen molar-refractivity contribution in [2.45, 2.75) is 19.3 Å². The van der Waals surface area contributed by atoms with Crippen molar-refractivity contribution in [3.63, 3.8) is 0 Å². The van der Waals surface area contributed by atoms with Gasteiger partial charge in [0.1, 0.15) is 0 Å². The zero-order valence-electron chi connectivity index (χ0n) is 9.11. The number of amides is 1. The fourth-order valence-electron chi connectivity index (χ4n) is 1.17. The number of hydrogen-bond acceptors (Lipinski definition) is 2. The largest absolute Gasteiger partial charge is 0.277 e. The second kappa shape index (κ2) is 8.51. The van der Waals surface area contributed by atoms with Gasteiger partial charge in [-0.05, 0) is 25.0 Å². The van der Waals surface area contributed by atoms with Gasteiger partial charge in [-0.15, -0.1) is 0 Å². The van der Waals surface area contributed by atoms with E-state index in [1.165, 1.54) is 0 Å². The number of unbranched alkanes of at least 4 members (excludes halogenated alkanes) is 2. The minimum Gasteiger partial charge on any atom is -0.277 e. The summed E-state index contributed by atoms with van der Waals surface area (Å²) in [7, 11) is 0. The summed E-state index contributed by atoms with van der Waals surface area (Å²) in [6, 6.07) is 9.91. The highest BCUT2D eigenvalue weighted by Crippen LogP contribution is 1.97. The predicted molar refractivity (Wildman–Crippen MR) is 62.3 cm³/mol. The molecular formula is C13H15NO2. The molecule has 0 heterocycles. The van der Waals surface area contributed by atoms with E-state index in [1.807, 2.05) is 30.3 Å². The molecule has 0 atom stereocenters. The van der Waals surface area contributed by atoms with Gasteiger partial charge in [-0.3, -0.25) is 9.63 Å². The molecule has 3 heteroatoms. The van der Waals surface area contributed by atoms with E-state index in [1.54, 1.807) is 0 Å². The average molecular weight is 217 g/mol. The Morgan fingerprint density at radius 3 is 2.81 bits per heavy atom. The first kappa shape index (κ1) is 12.3. The maximum atomic E-state index is 9.84. The van der Waals surface area contributed by atoms with E-state index in [9.17, 15) is 4.79 Å². The third-order valence-electron chi connectivity index (χ3n) is 1.94. The molecule has 0 spiro atoms. The number of hydroxylamine groups is 1. The summed E-state index contributed by atoms with van der Waals surface area (Å²) < 4.78 is 0. The molecule has 0 unspecified atom stereocenters. The molecule has 16 heavy (non-hydrogen) atoms. The van der Waals surface area contributed by atoms with Crippen LogP contribution in [0.3, 0.4) is 0 Å². The highest BCUT2D eigenvalue weighted by molar-refractivity contribution is 5.43. The lowest BCUT2D eigenvalue weighted by Gasteiger charge is -1.97. The van der Waals surface area contributed by atoms with Crippen molar-refractivity contribution in [1.82, 2.24) is 5.48 Å². The lowest BCUT2D eigenvalue weighted by Crippen LogP contribution is -2.12. The van der Waals surface area contributed by atoms with Gasteiger partial charge in [0, 0.05) is 12.0 Å². The molecule has 1 rings (SSSR count). The normalized spacial score (nSPS) is 9.00. The van der Waals surface area contributed by atoms with E-state index >= 15 is 0 Å². The van der Waals surface area contributed by atoms with Crippen LogP contribution in [0.15, 0.2) is 30.3 Å². The Bertz CT molecular complexity index is 351. The highest BCUT2D eigenvalue weighted by atomic mass is 16.6. The molecule has 1 aromatic carbocycles. The smallest absolute Gasteiger partial charge is 0.230 e. The van der Waals surface area contributed by atoms with E-state index < -0.39 is 0 Å². The Balaban J connectivity index is 2.07. The van der Waals surface area contributed by atoms with Crippen molar-refractivity contribution >= 4 is 6.41 Å². The first-order chi connectivity index (χ1) is 7.93. The number of benzene rings is 1. The van der Waals surface area contributed by atoms with Crippen molar-refractivity contribution in [1.29, 1.82) is 0 Å². The van der Waals surface area contributed by atoms with E-state index in [0.29, 0.717) is 13.0 Å². The van der Waals surface area contributed by atoms with Crippen LogP contribution in [0, 0.1) is 11.8 Å². The maximum Gasteiger partial charge on any atom is 0.230 e. The van der Waals surface area contributed by atoms with E-state index in [0.717, 1.165) is 24.8 Å². The minimum atomic E-state index is 0.523. The molecule has 0 saturated carbocycles. The van der Waals surface area contributed by atoms with Crippen LogP contribution in [0.5, 0.6) is 0 Å². The number of hydrogen-bond donors (Lipinski definition) is 1. The Labute approximate surface area is 95.8 Å². The van der Waals surface area contributed by atoms with Gasteiger partial charge in [0.2, 0.25) is 6.41 Å². The summed E-state index contributed by atoms with van der Waals surface area (Å²) in [6.07, 6.45) is 3.24. The molecule has 1 N–H and O–H groups in total. The monoisotopic (exact) mass is 217 g/mol. The molecule has 0 fully saturated rings. The lowest BCUT2D eigenvalue weighted by atomic mass is 10.2. The summed E-state index contributed by atoms with van der Waals surface area (Å²) in [6.45, 7) is 0.533. The van der Waals surface area contributed by atoms with Crippen LogP contribution in [0.25, 0.3) is 0 Å². The van der Waals surface area contributed by atoms with E-state index in [2.05, 4.69) is 17.3 Å². The Morgan fingerprint density at radius 2 is 2.06 bits per heavy atom. The van der Waals surface area contributed by atoms with Crippen LogP contribution >= 0.6 is 0 Å². The molecular weight excluding hydrogens is 202 g/mol. The standard InChI is InChI=1S/C13H15NO2/c15-12-14-16-11-7-2-1-4-8-13-9-5-3-6-10-13/h3,5-6,9-10,12H,1-2,7,11H2,(H,14,15). The first-order valence-corrected chi connectivity index (χ1v) is 5.28. The average Bonchev–Trinajstić information content (AvgIpc) is 2.34. The number of carbonyl (C=O) groups is 1. The van der Waals surface area contributed by atoms with Gasteiger partial charge in [-0.2, -0.15) is 0 Å². The van der Waals surface area contributed by atoms with Gasteiger partial charge in [-0.1, -0.05) is 30.0 Å². The molecule has 0 bridgehead atoms. The highest BCUT2D eigenvalue weighted by Gasteiger charge is 1.87. The molecule has 1 amide bonds. The summed E-state index contributed by atoms with van der Waals surface area (Å²) in [4.78, 5) is 14.6. The molecule has 0 saturated heterocycles. The van der Waals surface area contributed by atoms with Gasteiger partial charge in [0.15, 0.2) is 0 Å². The van der Waals surface area contributed by atoms with Crippen LogP contribution in [0.1, 0.15) is 24.8 Å². The molecule has 0 radical (unpaired) electrons. The first-order valence-electron chi connectivity index (χ1n) is 5.28. The SMILES string of the molecule is O=CNOCCCCC#Cc1ccccc1. The second-order valence-corrected chi connectivity index (χ2v) is 3.21. The zero-order chi connectivity index (χ0) is 11.5. The minimum absolute atomic E-state index is 0.523. The number of rotatable bonds is 6. The Morgan fingerprint density at radius 1 is 1.25 bits per heavy atom. The van der Waals surface area contributed by atoms with Crippen LogP contribution in [-0.2, 0) is 9.63 Å².